The van der Waals surface area contributed by atoms with E-state index in [1.54, 1.807) is 18.2 Å². The Balaban J connectivity index is 2.36. The summed E-state index contributed by atoms with van der Waals surface area (Å²) in [5.41, 5.74) is 1.03. The fourth-order valence-electron chi connectivity index (χ4n) is 2.34. The molecule has 1 aromatic carbocycles. The van der Waals surface area contributed by atoms with Crippen LogP contribution in [0, 0.1) is 0 Å². The molecule has 0 amide bonds. The van der Waals surface area contributed by atoms with Gasteiger partial charge in [0.1, 0.15) is 11.5 Å². The second kappa shape index (κ2) is 7.26. The molecule has 0 aliphatic heterocycles. The predicted molar refractivity (Wildman–Crippen MR) is 86.6 cm³/mol. The Labute approximate surface area is 135 Å². The summed E-state index contributed by atoms with van der Waals surface area (Å²) in [4.78, 5) is 12.4. The summed E-state index contributed by atoms with van der Waals surface area (Å²) in [6.45, 7) is 0. The highest BCUT2D eigenvalue weighted by atomic mass is 16.7. The van der Waals surface area contributed by atoms with Crippen LogP contribution in [0.15, 0.2) is 59.9 Å². The van der Waals surface area contributed by atoms with Crippen LogP contribution in [0.2, 0.25) is 0 Å². The minimum Gasteiger partial charge on any atom is -0.507 e. The number of aliphatic hydroxyl groups excluding tert-OH is 1. The molecular weight excluding hydrogens is 296 g/mol. The van der Waals surface area contributed by atoms with Gasteiger partial charge in [-0.1, -0.05) is 30.3 Å². The van der Waals surface area contributed by atoms with Gasteiger partial charge >= 0.3 is 0 Å². The number of allylic oxidation sites excluding steroid dienone is 3. The molecule has 5 nitrogen and oxygen atoms in total. The van der Waals surface area contributed by atoms with Crippen molar-refractivity contribution in [3.63, 3.8) is 0 Å². The van der Waals surface area contributed by atoms with Crippen molar-refractivity contribution < 1.29 is 24.1 Å². The Kier molecular flexibility index (Phi) is 5.36. The average Bonchev–Trinajstić information content (AvgIpc) is 2.60. The molecule has 2 rings (SSSR count). The molecule has 0 fully saturated rings. The zero-order chi connectivity index (χ0) is 16.9. The number of benzene rings is 1. The molecule has 1 aromatic rings. The Morgan fingerprint density at radius 3 is 2.39 bits per heavy atom. The number of hydrogen-bond acceptors (Lipinski definition) is 5. The van der Waals surface area contributed by atoms with Crippen LogP contribution in [0.4, 0.5) is 0 Å². The van der Waals surface area contributed by atoms with Crippen molar-refractivity contribution in [3.05, 3.63) is 65.5 Å². The molecule has 0 aromatic heterocycles. The topological polar surface area (TPSA) is 65.0 Å². The number of rotatable bonds is 5. The Morgan fingerprint density at radius 1 is 1.17 bits per heavy atom. The molecule has 5 heteroatoms. The third kappa shape index (κ3) is 3.70. The van der Waals surface area contributed by atoms with Gasteiger partial charge in [0.05, 0.1) is 19.1 Å². The van der Waals surface area contributed by atoms with Gasteiger partial charge in [0.2, 0.25) is 0 Å². The van der Waals surface area contributed by atoms with Gasteiger partial charge in [-0.25, -0.2) is 0 Å². The first kappa shape index (κ1) is 17.0. The molecule has 0 saturated carbocycles. The van der Waals surface area contributed by atoms with Crippen molar-refractivity contribution >= 4 is 11.5 Å². The van der Waals surface area contributed by atoms with Crippen LogP contribution in [0.5, 0.6) is 0 Å². The van der Waals surface area contributed by atoms with Crippen molar-refractivity contribution in [2.45, 2.75) is 12.2 Å². The second-order valence-electron chi connectivity index (χ2n) is 5.03. The molecule has 1 N–H and O–H groups in total. The molecule has 0 bridgehead atoms. The third-order valence-corrected chi connectivity index (χ3v) is 3.71. The summed E-state index contributed by atoms with van der Waals surface area (Å²) in [6, 6.07) is 9.07. The van der Waals surface area contributed by atoms with Crippen LogP contribution in [-0.2, 0) is 19.0 Å². The van der Waals surface area contributed by atoms with Crippen molar-refractivity contribution in [2.24, 2.45) is 0 Å². The molecule has 1 aliphatic rings. The van der Waals surface area contributed by atoms with E-state index in [1.165, 1.54) is 33.5 Å². The number of methoxy groups -OCH3 is 3. The molecule has 23 heavy (non-hydrogen) atoms. The Morgan fingerprint density at radius 2 is 1.83 bits per heavy atom. The number of Topliss-reactive ketones (excluding diaryl/α,β-unsaturated/α-hetero) is 1. The Hall–Kier alpha value is -2.37. The monoisotopic (exact) mass is 316 g/mol. The van der Waals surface area contributed by atoms with E-state index in [0.717, 1.165) is 0 Å². The van der Waals surface area contributed by atoms with E-state index >= 15 is 0 Å². The summed E-state index contributed by atoms with van der Waals surface area (Å²) in [6.07, 6.45) is 4.67. The van der Waals surface area contributed by atoms with Crippen molar-refractivity contribution in [2.75, 3.05) is 21.3 Å². The summed E-state index contributed by atoms with van der Waals surface area (Å²) in [5.74, 6) is -0.894. The zero-order valence-electron chi connectivity index (χ0n) is 13.4. The first-order valence-electron chi connectivity index (χ1n) is 7.12. The van der Waals surface area contributed by atoms with Gasteiger partial charge in [-0.15, -0.1) is 0 Å². The predicted octanol–water partition coefficient (Wildman–Crippen LogP) is 3.00. The maximum atomic E-state index is 12.4. The van der Waals surface area contributed by atoms with E-state index in [2.05, 4.69) is 0 Å². The maximum absolute atomic E-state index is 12.4. The smallest absolute Gasteiger partial charge is 0.198 e. The lowest BCUT2D eigenvalue weighted by molar-refractivity contribution is -0.180. The van der Waals surface area contributed by atoms with Crippen LogP contribution < -0.4 is 0 Å². The Bertz CT molecular complexity index is 651. The average molecular weight is 316 g/mol. The van der Waals surface area contributed by atoms with Crippen molar-refractivity contribution in [1.82, 2.24) is 0 Å². The number of carbonyl (C=O) groups is 1. The number of ether oxygens (including phenoxy) is 3. The highest BCUT2D eigenvalue weighted by Gasteiger charge is 2.38. The van der Waals surface area contributed by atoms with Crippen LogP contribution in [0.1, 0.15) is 12.0 Å². The second-order valence-corrected chi connectivity index (χ2v) is 5.03. The lowest BCUT2D eigenvalue weighted by Crippen LogP contribution is -2.38. The summed E-state index contributed by atoms with van der Waals surface area (Å²) < 4.78 is 15.8. The van der Waals surface area contributed by atoms with E-state index in [-0.39, 0.29) is 18.0 Å². The standard InChI is InChI=1S/C18H20O5/c1-21-17-12-18(22-2,23-3)11-16(20)14(17)9-10-15(19)13-7-5-4-6-8-13/h4-10,12,19H,11H2,1-3H3/b14-9-,15-10-. The van der Waals surface area contributed by atoms with Crippen molar-refractivity contribution in [1.29, 1.82) is 0 Å². The molecular formula is C18H20O5. The molecule has 0 atom stereocenters. The highest BCUT2D eigenvalue weighted by Crippen LogP contribution is 2.32. The number of carbonyl (C=O) groups excluding carboxylic acids is 1. The highest BCUT2D eigenvalue weighted by molar-refractivity contribution is 6.01. The van der Waals surface area contributed by atoms with Gasteiger partial charge in [0, 0.05) is 25.9 Å². The molecule has 1 aliphatic carbocycles. The van der Waals surface area contributed by atoms with E-state index in [0.29, 0.717) is 16.9 Å². The van der Waals surface area contributed by atoms with E-state index < -0.39 is 5.79 Å². The third-order valence-electron chi connectivity index (χ3n) is 3.71. The van der Waals surface area contributed by atoms with Crippen LogP contribution >= 0.6 is 0 Å². The largest absolute Gasteiger partial charge is 0.507 e. The maximum Gasteiger partial charge on any atom is 0.198 e. The summed E-state index contributed by atoms with van der Waals surface area (Å²) in [5, 5.41) is 10.1. The van der Waals surface area contributed by atoms with Crippen molar-refractivity contribution in [3.8, 4) is 0 Å². The molecule has 0 saturated heterocycles. The normalized spacial score (nSPS) is 19.6. The van der Waals surface area contributed by atoms with Gasteiger partial charge in [-0.05, 0) is 12.2 Å². The van der Waals surface area contributed by atoms with E-state index in [9.17, 15) is 9.90 Å². The van der Waals surface area contributed by atoms with Gasteiger partial charge in [-0.3, -0.25) is 4.79 Å². The quantitative estimate of drug-likeness (QED) is 0.514. The number of ketones is 1. The van der Waals surface area contributed by atoms with Gasteiger partial charge in [0.15, 0.2) is 11.6 Å². The molecule has 122 valence electrons. The van der Waals surface area contributed by atoms with Crippen LogP contribution in [0.3, 0.4) is 0 Å². The number of hydrogen-bond donors (Lipinski definition) is 1. The SMILES string of the molecule is COC1=CC(OC)(OC)CC(=O)/C1=C/C=C(\O)c1ccccc1. The first-order valence-corrected chi connectivity index (χ1v) is 7.12. The minimum absolute atomic E-state index is 0.0403. The van der Waals surface area contributed by atoms with Gasteiger partial charge < -0.3 is 19.3 Å². The van der Waals surface area contributed by atoms with Crippen LogP contribution in [-0.4, -0.2) is 38.0 Å². The summed E-state index contributed by atoms with van der Waals surface area (Å²) >= 11 is 0. The zero-order valence-corrected chi connectivity index (χ0v) is 13.4. The first-order chi connectivity index (χ1) is 11.0. The molecule has 0 radical (unpaired) electrons. The minimum atomic E-state index is -1.12. The van der Waals surface area contributed by atoms with Gasteiger partial charge in [-0.2, -0.15) is 0 Å². The van der Waals surface area contributed by atoms with Crippen LogP contribution in [0.25, 0.3) is 5.76 Å². The molecule has 0 spiro atoms. The van der Waals surface area contributed by atoms with E-state index in [1.807, 2.05) is 18.2 Å². The van der Waals surface area contributed by atoms with Gasteiger partial charge in [0.25, 0.3) is 0 Å². The van der Waals surface area contributed by atoms with E-state index in [4.69, 9.17) is 14.2 Å². The molecule has 0 unspecified atom stereocenters. The lowest BCUT2D eigenvalue weighted by Gasteiger charge is -2.31. The fourth-order valence-corrected chi connectivity index (χ4v) is 2.34. The lowest BCUT2D eigenvalue weighted by atomic mass is 9.93. The fraction of sp³-hybridized carbons (Fsp3) is 0.278. The number of aliphatic hydroxyl groups is 1. The summed E-state index contributed by atoms with van der Waals surface area (Å²) in [7, 11) is 4.40. The molecule has 0 heterocycles.